The first-order valence-corrected chi connectivity index (χ1v) is 5.65. The molecule has 0 amide bonds. The summed E-state index contributed by atoms with van der Waals surface area (Å²) >= 11 is 0. The highest BCUT2D eigenvalue weighted by molar-refractivity contribution is 5.93. The van der Waals surface area contributed by atoms with Crippen LogP contribution in [-0.2, 0) is 4.79 Å². The van der Waals surface area contributed by atoms with Crippen molar-refractivity contribution in [2.75, 3.05) is 0 Å². The van der Waals surface area contributed by atoms with Gasteiger partial charge < -0.3 is 0 Å². The minimum Gasteiger partial charge on any atom is -0.298 e. The Bertz CT molecular complexity index is 371. The van der Waals surface area contributed by atoms with E-state index in [-0.39, 0.29) is 5.41 Å². The molecule has 2 aliphatic rings. The van der Waals surface area contributed by atoms with E-state index in [1.54, 1.807) is 0 Å². The number of ketones is 1. The molecular formula is C14H18O. The maximum atomic E-state index is 12.1. The Kier molecular flexibility index (Phi) is 2.41. The van der Waals surface area contributed by atoms with Gasteiger partial charge in [-0.1, -0.05) is 44.2 Å². The van der Waals surface area contributed by atoms with Crippen molar-refractivity contribution in [3.63, 3.8) is 0 Å². The van der Waals surface area contributed by atoms with Crippen molar-refractivity contribution in [3.8, 4) is 0 Å². The molecule has 0 aromatic rings. The standard InChI is InChI=1S/C14H18O/c1-10(2)11-9-13(15)14(3)8-6-4-5-7-12(11)14/h4-8,10-11H,9H2,1-3H3/t11-,14+/m0/s1. The first-order valence-electron chi connectivity index (χ1n) is 5.65. The fraction of sp³-hybridized carbons (Fsp3) is 0.500. The summed E-state index contributed by atoms with van der Waals surface area (Å²) in [6, 6.07) is 0. The molecule has 1 heteroatoms. The van der Waals surface area contributed by atoms with E-state index in [2.05, 4.69) is 19.9 Å². The highest BCUT2D eigenvalue weighted by Crippen LogP contribution is 2.48. The molecule has 0 N–H and O–H groups in total. The number of hydrogen-bond acceptors (Lipinski definition) is 1. The Morgan fingerprint density at radius 1 is 1.33 bits per heavy atom. The molecule has 0 aromatic carbocycles. The molecule has 1 saturated carbocycles. The zero-order chi connectivity index (χ0) is 11.1. The van der Waals surface area contributed by atoms with Gasteiger partial charge in [-0.15, -0.1) is 0 Å². The average molecular weight is 202 g/mol. The Morgan fingerprint density at radius 2 is 2.07 bits per heavy atom. The number of fused-ring (bicyclic) bond motifs is 1. The van der Waals surface area contributed by atoms with Crippen LogP contribution in [0.4, 0.5) is 0 Å². The minimum absolute atomic E-state index is 0.335. The molecule has 1 nitrogen and oxygen atoms in total. The lowest BCUT2D eigenvalue weighted by atomic mass is 9.79. The summed E-state index contributed by atoms with van der Waals surface area (Å²) in [5.41, 5.74) is 0.964. The summed E-state index contributed by atoms with van der Waals surface area (Å²) in [6.07, 6.45) is 10.9. The predicted molar refractivity (Wildman–Crippen MR) is 62.4 cm³/mol. The normalized spacial score (nSPS) is 34.3. The summed E-state index contributed by atoms with van der Waals surface area (Å²) in [5.74, 6) is 1.34. The highest BCUT2D eigenvalue weighted by atomic mass is 16.1. The SMILES string of the molecule is CC(C)[C@@H]1CC(=O)[C@]2(C)C=CC=CC=C12. The number of rotatable bonds is 1. The van der Waals surface area contributed by atoms with Crippen molar-refractivity contribution in [1.82, 2.24) is 0 Å². The number of carbonyl (C=O) groups excluding carboxylic acids is 1. The van der Waals surface area contributed by atoms with Crippen LogP contribution in [-0.4, -0.2) is 5.78 Å². The van der Waals surface area contributed by atoms with E-state index in [1.165, 1.54) is 5.57 Å². The van der Waals surface area contributed by atoms with Crippen molar-refractivity contribution in [2.45, 2.75) is 27.2 Å². The number of carbonyl (C=O) groups is 1. The summed E-state index contributed by atoms with van der Waals surface area (Å²) in [5, 5.41) is 0. The number of Topliss-reactive ketones (excluding diaryl/α,β-unsaturated/α-hetero) is 1. The molecule has 80 valence electrons. The van der Waals surface area contributed by atoms with Gasteiger partial charge in [0.15, 0.2) is 0 Å². The molecule has 0 aromatic heterocycles. The lowest BCUT2D eigenvalue weighted by molar-refractivity contribution is -0.122. The monoisotopic (exact) mass is 202 g/mol. The molecule has 0 saturated heterocycles. The van der Waals surface area contributed by atoms with E-state index < -0.39 is 0 Å². The minimum atomic E-state index is -0.335. The maximum absolute atomic E-state index is 12.1. The highest BCUT2D eigenvalue weighted by Gasteiger charge is 2.46. The van der Waals surface area contributed by atoms with E-state index in [9.17, 15) is 4.79 Å². The van der Waals surface area contributed by atoms with Crippen molar-refractivity contribution in [1.29, 1.82) is 0 Å². The first kappa shape index (κ1) is 10.4. The second kappa shape index (κ2) is 3.48. The van der Waals surface area contributed by atoms with E-state index in [0.29, 0.717) is 24.0 Å². The molecule has 1 fully saturated rings. The third-order valence-corrected chi connectivity index (χ3v) is 3.72. The molecule has 15 heavy (non-hydrogen) atoms. The fourth-order valence-electron chi connectivity index (χ4n) is 2.62. The van der Waals surface area contributed by atoms with Crippen LogP contribution >= 0.6 is 0 Å². The van der Waals surface area contributed by atoms with Crippen LogP contribution in [0.25, 0.3) is 0 Å². The molecule has 2 rings (SSSR count). The Morgan fingerprint density at radius 3 is 2.73 bits per heavy atom. The Labute approximate surface area is 91.6 Å². The number of hydrogen-bond donors (Lipinski definition) is 0. The van der Waals surface area contributed by atoms with E-state index in [1.807, 2.05) is 31.2 Å². The van der Waals surface area contributed by atoms with Crippen LogP contribution in [0.3, 0.4) is 0 Å². The fourth-order valence-corrected chi connectivity index (χ4v) is 2.62. The maximum Gasteiger partial charge on any atom is 0.147 e. The van der Waals surface area contributed by atoms with Crippen LogP contribution in [0.1, 0.15) is 27.2 Å². The molecule has 0 spiro atoms. The summed E-state index contributed by atoms with van der Waals surface area (Å²) in [4.78, 5) is 12.1. The van der Waals surface area contributed by atoms with Crippen LogP contribution in [0, 0.1) is 17.3 Å². The average Bonchev–Trinajstić information content (AvgIpc) is 2.36. The van der Waals surface area contributed by atoms with Crippen LogP contribution in [0.15, 0.2) is 36.0 Å². The third kappa shape index (κ3) is 1.50. The van der Waals surface area contributed by atoms with Gasteiger partial charge in [0.1, 0.15) is 5.78 Å². The van der Waals surface area contributed by atoms with Crippen molar-refractivity contribution in [3.05, 3.63) is 36.0 Å². The molecule has 2 atom stereocenters. The molecular weight excluding hydrogens is 184 g/mol. The molecule has 0 heterocycles. The zero-order valence-corrected chi connectivity index (χ0v) is 9.66. The largest absolute Gasteiger partial charge is 0.298 e. The molecule has 2 aliphatic carbocycles. The van der Waals surface area contributed by atoms with Gasteiger partial charge in [0, 0.05) is 6.42 Å². The van der Waals surface area contributed by atoms with E-state index >= 15 is 0 Å². The number of allylic oxidation sites excluding steroid dienone is 6. The Hall–Kier alpha value is -1.11. The molecule has 0 aliphatic heterocycles. The van der Waals surface area contributed by atoms with Gasteiger partial charge in [0.2, 0.25) is 0 Å². The third-order valence-electron chi connectivity index (χ3n) is 3.72. The molecule has 0 bridgehead atoms. The lowest BCUT2D eigenvalue weighted by Gasteiger charge is -2.23. The lowest BCUT2D eigenvalue weighted by Crippen LogP contribution is -2.21. The summed E-state index contributed by atoms with van der Waals surface area (Å²) < 4.78 is 0. The van der Waals surface area contributed by atoms with Crippen molar-refractivity contribution in [2.24, 2.45) is 17.3 Å². The van der Waals surface area contributed by atoms with Gasteiger partial charge in [-0.3, -0.25) is 4.79 Å². The van der Waals surface area contributed by atoms with Crippen LogP contribution in [0.5, 0.6) is 0 Å². The first-order chi connectivity index (χ1) is 7.05. The van der Waals surface area contributed by atoms with Gasteiger partial charge >= 0.3 is 0 Å². The van der Waals surface area contributed by atoms with Crippen molar-refractivity contribution < 1.29 is 4.79 Å². The van der Waals surface area contributed by atoms with Crippen molar-refractivity contribution >= 4 is 5.78 Å². The summed E-state index contributed by atoms with van der Waals surface area (Å²) in [6.45, 7) is 6.44. The van der Waals surface area contributed by atoms with Gasteiger partial charge in [-0.25, -0.2) is 0 Å². The smallest absolute Gasteiger partial charge is 0.147 e. The van der Waals surface area contributed by atoms with Gasteiger partial charge in [0.25, 0.3) is 0 Å². The zero-order valence-electron chi connectivity index (χ0n) is 9.66. The predicted octanol–water partition coefficient (Wildman–Crippen LogP) is 3.29. The van der Waals surface area contributed by atoms with Gasteiger partial charge in [-0.2, -0.15) is 0 Å². The second-order valence-corrected chi connectivity index (χ2v) is 5.05. The Balaban J connectivity index is 2.48. The molecule has 0 unspecified atom stereocenters. The van der Waals surface area contributed by atoms with E-state index in [4.69, 9.17) is 0 Å². The van der Waals surface area contributed by atoms with E-state index in [0.717, 1.165) is 0 Å². The van der Waals surface area contributed by atoms with Crippen LogP contribution in [0.2, 0.25) is 0 Å². The summed E-state index contributed by atoms with van der Waals surface area (Å²) in [7, 11) is 0. The molecule has 0 radical (unpaired) electrons. The van der Waals surface area contributed by atoms with Gasteiger partial charge in [-0.05, 0) is 24.3 Å². The quantitative estimate of drug-likeness (QED) is 0.637. The topological polar surface area (TPSA) is 17.1 Å². The van der Waals surface area contributed by atoms with Crippen LogP contribution < -0.4 is 0 Å². The second-order valence-electron chi connectivity index (χ2n) is 5.05. The van der Waals surface area contributed by atoms with Gasteiger partial charge in [0.05, 0.1) is 5.41 Å².